The lowest BCUT2D eigenvalue weighted by atomic mass is 9.87. The summed E-state index contributed by atoms with van der Waals surface area (Å²) in [7, 11) is 0. The lowest BCUT2D eigenvalue weighted by molar-refractivity contribution is 0.0498. The highest BCUT2D eigenvalue weighted by atomic mass is 16.6. The van der Waals surface area contributed by atoms with Gasteiger partial charge in [-0.15, -0.1) is 0 Å². The van der Waals surface area contributed by atoms with E-state index in [0.29, 0.717) is 5.75 Å². The molecule has 4 heteroatoms. The Morgan fingerprint density at radius 3 is 2.84 bits per heavy atom. The van der Waals surface area contributed by atoms with E-state index in [9.17, 15) is 9.90 Å². The third-order valence-corrected chi connectivity index (χ3v) is 3.17. The van der Waals surface area contributed by atoms with Gasteiger partial charge >= 0.3 is 6.09 Å². The zero-order chi connectivity index (χ0) is 14.0. The van der Waals surface area contributed by atoms with Gasteiger partial charge in [-0.3, -0.25) is 0 Å². The van der Waals surface area contributed by atoms with Gasteiger partial charge in [-0.25, -0.2) is 4.79 Å². The molecule has 0 bridgehead atoms. The fraction of sp³-hybridized carbons (Fsp3) is 0.533. The van der Waals surface area contributed by atoms with Crippen LogP contribution >= 0.6 is 0 Å². The van der Waals surface area contributed by atoms with E-state index < -0.39 is 11.7 Å². The largest absolute Gasteiger partial charge is 0.508 e. The van der Waals surface area contributed by atoms with Crippen LogP contribution in [0.3, 0.4) is 0 Å². The summed E-state index contributed by atoms with van der Waals surface area (Å²) in [4.78, 5) is 11.8. The zero-order valence-electron chi connectivity index (χ0n) is 11.7. The molecule has 0 aromatic heterocycles. The van der Waals surface area contributed by atoms with E-state index in [2.05, 4.69) is 5.32 Å². The number of ether oxygens (including phenoxy) is 1. The molecule has 0 saturated carbocycles. The lowest BCUT2D eigenvalue weighted by Crippen LogP contribution is -2.36. The normalized spacial score (nSPS) is 18.6. The Morgan fingerprint density at radius 1 is 1.42 bits per heavy atom. The molecule has 0 saturated heterocycles. The van der Waals surface area contributed by atoms with Crippen molar-refractivity contribution >= 4 is 6.09 Å². The van der Waals surface area contributed by atoms with Gasteiger partial charge in [0.15, 0.2) is 0 Å². The van der Waals surface area contributed by atoms with Gasteiger partial charge in [0, 0.05) is 0 Å². The van der Waals surface area contributed by atoms with Crippen molar-refractivity contribution in [2.75, 3.05) is 0 Å². The number of nitrogens with one attached hydrogen (secondary N) is 1. The SMILES string of the molecule is CC(C)(C)OC(=O)NC1CCCc2c(O)cccc21. The molecule has 1 amide bonds. The number of aromatic hydroxyl groups is 1. The number of hydrogen-bond donors (Lipinski definition) is 2. The highest BCUT2D eigenvalue weighted by molar-refractivity contribution is 5.68. The average Bonchev–Trinajstić information content (AvgIpc) is 2.28. The molecule has 19 heavy (non-hydrogen) atoms. The first-order valence-corrected chi connectivity index (χ1v) is 6.67. The first-order valence-electron chi connectivity index (χ1n) is 6.67. The maximum Gasteiger partial charge on any atom is 0.408 e. The number of carbonyl (C=O) groups is 1. The summed E-state index contributed by atoms with van der Waals surface area (Å²) in [6.07, 6.45) is 2.27. The number of carbonyl (C=O) groups excluding carboxylic acids is 1. The van der Waals surface area contributed by atoms with Crippen molar-refractivity contribution in [2.45, 2.75) is 51.7 Å². The van der Waals surface area contributed by atoms with Crippen LogP contribution in [0.15, 0.2) is 18.2 Å². The van der Waals surface area contributed by atoms with Crippen molar-refractivity contribution in [1.29, 1.82) is 0 Å². The van der Waals surface area contributed by atoms with Crippen LogP contribution in [-0.4, -0.2) is 16.8 Å². The monoisotopic (exact) mass is 263 g/mol. The minimum Gasteiger partial charge on any atom is -0.508 e. The van der Waals surface area contributed by atoms with Gasteiger partial charge in [-0.2, -0.15) is 0 Å². The number of hydrogen-bond acceptors (Lipinski definition) is 3. The highest BCUT2D eigenvalue weighted by Crippen LogP contribution is 2.34. The molecule has 2 rings (SSSR count). The van der Waals surface area contributed by atoms with E-state index in [1.54, 1.807) is 6.07 Å². The van der Waals surface area contributed by atoms with Crippen molar-refractivity contribution in [3.63, 3.8) is 0 Å². The third kappa shape index (κ3) is 3.40. The van der Waals surface area contributed by atoms with E-state index in [-0.39, 0.29) is 6.04 Å². The van der Waals surface area contributed by atoms with Crippen molar-refractivity contribution in [2.24, 2.45) is 0 Å². The van der Waals surface area contributed by atoms with Crippen LogP contribution in [0, 0.1) is 0 Å². The number of benzene rings is 1. The Kier molecular flexibility index (Phi) is 3.69. The quantitative estimate of drug-likeness (QED) is 0.817. The molecule has 0 heterocycles. The summed E-state index contributed by atoms with van der Waals surface area (Å²) in [5, 5.41) is 12.7. The minimum atomic E-state index is -0.500. The molecule has 4 nitrogen and oxygen atoms in total. The number of fused-ring (bicyclic) bond motifs is 1. The summed E-state index contributed by atoms with van der Waals surface area (Å²) in [5.41, 5.74) is 1.44. The Bertz CT molecular complexity index is 477. The van der Waals surface area contributed by atoms with Crippen LogP contribution < -0.4 is 5.32 Å². The van der Waals surface area contributed by atoms with E-state index in [0.717, 1.165) is 30.4 Å². The molecule has 0 spiro atoms. The second-order valence-corrected chi connectivity index (χ2v) is 5.94. The predicted molar refractivity (Wildman–Crippen MR) is 73.2 cm³/mol. The van der Waals surface area contributed by atoms with E-state index in [4.69, 9.17) is 4.74 Å². The zero-order valence-corrected chi connectivity index (χ0v) is 11.7. The number of phenolic OH excluding ortho intramolecular Hbond substituents is 1. The summed E-state index contributed by atoms with van der Waals surface area (Å²) in [6, 6.07) is 5.37. The minimum absolute atomic E-state index is 0.0781. The van der Waals surface area contributed by atoms with Crippen LogP contribution in [0.5, 0.6) is 5.75 Å². The summed E-state index contributed by atoms with van der Waals surface area (Å²) < 4.78 is 5.27. The molecule has 1 aromatic carbocycles. The molecule has 1 unspecified atom stereocenters. The maximum absolute atomic E-state index is 11.8. The first-order chi connectivity index (χ1) is 8.87. The van der Waals surface area contributed by atoms with Crippen molar-refractivity contribution < 1.29 is 14.6 Å². The fourth-order valence-corrected chi connectivity index (χ4v) is 2.43. The second kappa shape index (κ2) is 5.11. The van der Waals surface area contributed by atoms with Crippen LogP contribution in [-0.2, 0) is 11.2 Å². The number of alkyl carbamates (subject to hydrolysis) is 1. The van der Waals surface area contributed by atoms with Gasteiger partial charge < -0.3 is 15.2 Å². The maximum atomic E-state index is 11.8. The highest BCUT2D eigenvalue weighted by Gasteiger charge is 2.25. The molecule has 2 N–H and O–H groups in total. The molecule has 1 aliphatic carbocycles. The summed E-state index contributed by atoms with van der Waals surface area (Å²) in [5.74, 6) is 0.313. The lowest BCUT2D eigenvalue weighted by Gasteiger charge is -2.28. The predicted octanol–water partition coefficient (Wildman–Crippen LogP) is 3.29. The van der Waals surface area contributed by atoms with Crippen molar-refractivity contribution in [3.05, 3.63) is 29.3 Å². The van der Waals surface area contributed by atoms with Crippen molar-refractivity contribution in [1.82, 2.24) is 5.32 Å². The molecule has 1 atom stereocenters. The van der Waals surface area contributed by atoms with Gasteiger partial charge in [0.05, 0.1) is 6.04 Å². The van der Waals surface area contributed by atoms with Gasteiger partial charge in [0.2, 0.25) is 0 Å². The van der Waals surface area contributed by atoms with E-state index >= 15 is 0 Å². The van der Waals surface area contributed by atoms with Crippen LogP contribution in [0.2, 0.25) is 0 Å². The second-order valence-electron chi connectivity index (χ2n) is 5.94. The number of rotatable bonds is 1. The Hall–Kier alpha value is -1.71. The molecular formula is C15H21NO3. The molecule has 0 radical (unpaired) electrons. The average molecular weight is 263 g/mol. The van der Waals surface area contributed by atoms with Crippen molar-refractivity contribution in [3.8, 4) is 5.75 Å². The Balaban J connectivity index is 2.12. The van der Waals surface area contributed by atoms with Crippen LogP contribution in [0.4, 0.5) is 4.79 Å². The topological polar surface area (TPSA) is 58.6 Å². The van der Waals surface area contributed by atoms with E-state index in [1.165, 1.54) is 0 Å². The number of phenols is 1. The standard InChI is InChI=1S/C15H21NO3/c1-15(2,3)19-14(18)16-12-8-4-7-11-10(12)6-5-9-13(11)17/h5-6,9,12,17H,4,7-8H2,1-3H3,(H,16,18). The first kappa shape index (κ1) is 13.7. The fourth-order valence-electron chi connectivity index (χ4n) is 2.43. The Labute approximate surface area is 113 Å². The van der Waals surface area contributed by atoms with Crippen LogP contribution in [0.1, 0.15) is 50.8 Å². The van der Waals surface area contributed by atoms with E-state index in [1.807, 2.05) is 32.9 Å². The number of amides is 1. The molecule has 0 fully saturated rings. The third-order valence-electron chi connectivity index (χ3n) is 3.17. The Morgan fingerprint density at radius 2 is 2.16 bits per heavy atom. The molecule has 1 aromatic rings. The van der Waals surface area contributed by atoms with Crippen LogP contribution in [0.25, 0.3) is 0 Å². The van der Waals surface area contributed by atoms with Gasteiger partial charge in [-0.1, -0.05) is 12.1 Å². The van der Waals surface area contributed by atoms with Gasteiger partial charge in [0.1, 0.15) is 11.4 Å². The van der Waals surface area contributed by atoms with Gasteiger partial charge in [0.25, 0.3) is 0 Å². The molecule has 1 aliphatic rings. The summed E-state index contributed by atoms with van der Waals surface area (Å²) in [6.45, 7) is 5.52. The summed E-state index contributed by atoms with van der Waals surface area (Å²) >= 11 is 0. The van der Waals surface area contributed by atoms with Gasteiger partial charge in [-0.05, 0) is 57.2 Å². The molecular weight excluding hydrogens is 242 g/mol. The molecule has 104 valence electrons. The smallest absolute Gasteiger partial charge is 0.408 e. The molecule has 0 aliphatic heterocycles.